The van der Waals surface area contributed by atoms with Crippen LogP contribution in [0.3, 0.4) is 0 Å². The highest BCUT2D eigenvalue weighted by Crippen LogP contribution is 2.38. The minimum absolute atomic E-state index is 0.742. The molecule has 0 bridgehead atoms. The Balaban J connectivity index is 1.59. The first-order valence-electron chi connectivity index (χ1n) is 12.4. The fourth-order valence-corrected chi connectivity index (χ4v) is 5.58. The Morgan fingerprint density at radius 1 is 1.09 bits per heavy atom. The van der Waals surface area contributed by atoms with Gasteiger partial charge in [-0.15, -0.1) is 6.58 Å². The lowest BCUT2D eigenvalue weighted by molar-refractivity contribution is 0.312. The predicted octanol–water partition coefficient (Wildman–Crippen LogP) is 8.23. The second-order valence-corrected chi connectivity index (χ2v) is 10.4. The third-order valence-electron chi connectivity index (χ3n) is 7.01. The molecule has 0 saturated heterocycles. The van der Waals surface area contributed by atoms with E-state index < -0.39 is 0 Å². The van der Waals surface area contributed by atoms with Crippen LogP contribution in [0.4, 0.5) is 0 Å². The van der Waals surface area contributed by atoms with Crippen molar-refractivity contribution in [3.8, 4) is 11.1 Å². The molecule has 1 fully saturated rings. The van der Waals surface area contributed by atoms with Crippen molar-refractivity contribution in [3.63, 3.8) is 0 Å². The van der Waals surface area contributed by atoms with E-state index in [9.17, 15) is 0 Å². The molecule has 0 spiro atoms. The van der Waals surface area contributed by atoms with Gasteiger partial charge < -0.3 is 4.18 Å². The summed E-state index contributed by atoms with van der Waals surface area (Å²) in [5.74, 6) is 1.65. The highest BCUT2D eigenvalue weighted by molar-refractivity contribution is 7.92. The molecule has 0 heterocycles. The minimum atomic E-state index is 0.742. The number of aryl methyl sites for hydroxylation is 2. The van der Waals surface area contributed by atoms with Crippen molar-refractivity contribution in [2.24, 2.45) is 5.92 Å². The van der Waals surface area contributed by atoms with Crippen molar-refractivity contribution < 1.29 is 4.18 Å². The van der Waals surface area contributed by atoms with Crippen LogP contribution in [0.2, 0.25) is 0 Å². The molecule has 0 radical (unpaired) electrons. The summed E-state index contributed by atoms with van der Waals surface area (Å²) in [6.07, 6.45) is 13.3. The van der Waals surface area contributed by atoms with Gasteiger partial charge in [-0.3, -0.25) is 0 Å². The maximum absolute atomic E-state index is 5.11. The van der Waals surface area contributed by atoms with E-state index >= 15 is 0 Å². The van der Waals surface area contributed by atoms with Crippen molar-refractivity contribution in [2.75, 3.05) is 20.7 Å². The summed E-state index contributed by atoms with van der Waals surface area (Å²) >= 11 is 1.42. The fraction of sp³-hybridized carbons (Fsp3) is 0.517. The fourth-order valence-electron chi connectivity index (χ4n) is 5.12. The number of nitrogens with zero attached hydrogens (tertiary/aromatic N) is 1. The van der Waals surface area contributed by atoms with Gasteiger partial charge in [0.05, 0.1) is 19.3 Å². The Morgan fingerprint density at radius 3 is 2.50 bits per heavy atom. The van der Waals surface area contributed by atoms with Crippen LogP contribution < -0.4 is 0 Å². The van der Waals surface area contributed by atoms with E-state index in [1.54, 1.807) is 7.11 Å². The third-order valence-corrected chi connectivity index (χ3v) is 7.60. The molecule has 1 aliphatic carbocycles. The molecule has 0 atom stereocenters. The summed E-state index contributed by atoms with van der Waals surface area (Å²) in [7, 11) is 3.79. The van der Waals surface area contributed by atoms with Crippen molar-refractivity contribution in [1.29, 1.82) is 0 Å². The Morgan fingerprint density at radius 2 is 1.84 bits per heavy atom. The van der Waals surface area contributed by atoms with Crippen LogP contribution in [0, 0.1) is 5.92 Å². The predicted molar refractivity (Wildman–Crippen MR) is 141 cm³/mol. The van der Waals surface area contributed by atoms with E-state index in [1.807, 2.05) is 0 Å². The van der Waals surface area contributed by atoms with E-state index in [-0.39, 0.29) is 0 Å². The van der Waals surface area contributed by atoms with Crippen LogP contribution in [0.25, 0.3) is 11.1 Å². The monoisotopic (exact) mass is 451 g/mol. The van der Waals surface area contributed by atoms with Gasteiger partial charge >= 0.3 is 0 Å². The maximum Gasteiger partial charge on any atom is 0.0813 e. The summed E-state index contributed by atoms with van der Waals surface area (Å²) < 4.78 is 7.26. The molecular formula is C29H41NOS. The first-order chi connectivity index (χ1) is 15.6. The van der Waals surface area contributed by atoms with Crippen LogP contribution in [0.5, 0.6) is 0 Å². The number of hydrogen-bond donors (Lipinski definition) is 0. The second kappa shape index (κ2) is 13.2. The number of rotatable bonds is 12. The van der Waals surface area contributed by atoms with E-state index in [0.29, 0.717) is 0 Å². The summed E-state index contributed by atoms with van der Waals surface area (Å²) in [4.78, 5) is 0. The highest BCUT2D eigenvalue weighted by atomic mass is 32.2. The van der Waals surface area contributed by atoms with Gasteiger partial charge in [-0.05, 0) is 104 Å². The van der Waals surface area contributed by atoms with Gasteiger partial charge in [0.15, 0.2) is 0 Å². The molecule has 2 aromatic carbocycles. The zero-order chi connectivity index (χ0) is 22.8. The zero-order valence-corrected chi connectivity index (χ0v) is 21.1. The van der Waals surface area contributed by atoms with Gasteiger partial charge in [0.25, 0.3) is 0 Å². The molecule has 32 heavy (non-hydrogen) atoms. The van der Waals surface area contributed by atoms with Gasteiger partial charge in [-0.25, -0.2) is 4.31 Å². The SMILES string of the molecule is C=CCCC1CCC(c2ccc(-c3ccc(CCCN(C)SOC)cc3CC)cc2)CC1. The molecule has 0 unspecified atom stereocenters. The minimum Gasteiger partial charge on any atom is -0.304 e. The Labute approximate surface area is 200 Å². The van der Waals surface area contributed by atoms with Gasteiger partial charge in [-0.2, -0.15) is 0 Å². The number of allylic oxidation sites excluding steroid dienone is 1. The first-order valence-corrected chi connectivity index (χ1v) is 13.1. The number of benzene rings is 2. The van der Waals surface area contributed by atoms with Gasteiger partial charge in [0, 0.05) is 6.54 Å². The van der Waals surface area contributed by atoms with Crippen molar-refractivity contribution in [2.45, 2.75) is 70.6 Å². The summed E-state index contributed by atoms with van der Waals surface area (Å²) in [5.41, 5.74) is 7.17. The number of hydrogen-bond acceptors (Lipinski definition) is 3. The average molecular weight is 452 g/mol. The smallest absolute Gasteiger partial charge is 0.0813 e. The lowest BCUT2D eigenvalue weighted by atomic mass is 9.77. The van der Waals surface area contributed by atoms with E-state index in [0.717, 1.165) is 37.6 Å². The van der Waals surface area contributed by atoms with Crippen LogP contribution in [-0.2, 0) is 17.0 Å². The summed E-state index contributed by atoms with van der Waals surface area (Å²) in [5, 5.41) is 0. The topological polar surface area (TPSA) is 12.5 Å². The quantitative estimate of drug-likeness (QED) is 0.183. The molecule has 2 nitrogen and oxygen atoms in total. The van der Waals surface area contributed by atoms with E-state index in [1.165, 1.54) is 78.6 Å². The standard InChI is InChI=1S/C29H41NOS/c1-5-7-9-23-11-14-26(15-12-23)27-16-18-28(19-17-27)29-20-13-24(22-25(29)6-2)10-8-21-30(3)32-31-4/h5,13,16-20,22-23,26H,1,6-12,14-15,21H2,2-4H3. The first kappa shape index (κ1) is 25.1. The highest BCUT2D eigenvalue weighted by Gasteiger charge is 2.22. The largest absolute Gasteiger partial charge is 0.304 e. The summed E-state index contributed by atoms with van der Waals surface area (Å²) in [6, 6.07) is 16.5. The van der Waals surface area contributed by atoms with Gasteiger partial charge in [0.2, 0.25) is 0 Å². The van der Waals surface area contributed by atoms with Crippen LogP contribution in [0.15, 0.2) is 55.1 Å². The summed E-state index contributed by atoms with van der Waals surface area (Å²) in [6.45, 7) is 7.17. The lowest BCUT2D eigenvalue weighted by Crippen LogP contribution is -2.13. The Kier molecular flexibility index (Phi) is 10.4. The molecule has 0 aliphatic heterocycles. The van der Waals surface area contributed by atoms with E-state index in [4.69, 9.17) is 4.18 Å². The van der Waals surface area contributed by atoms with Gasteiger partial charge in [-0.1, -0.05) is 55.5 Å². The zero-order valence-electron chi connectivity index (χ0n) is 20.3. The molecule has 2 aromatic rings. The molecule has 0 aromatic heterocycles. The van der Waals surface area contributed by atoms with Crippen LogP contribution in [-0.4, -0.2) is 25.0 Å². The van der Waals surface area contributed by atoms with Crippen molar-refractivity contribution in [3.05, 3.63) is 71.8 Å². The van der Waals surface area contributed by atoms with Crippen molar-refractivity contribution >= 4 is 12.2 Å². The molecule has 174 valence electrons. The molecule has 3 rings (SSSR count). The van der Waals surface area contributed by atoms with Gasteiger partial charge in [0.1, 0.15) is 0 Å². The molecule has 1 saturated carbocycles. The third kappa shape index (κ3) is 7.23. The Bertz CT molecular complexity index is 824. The second-order valence-electron chi connectivity index (χ2n) is 9.25. The molecule has 1 aliphatic rings. The molecule has 3 heteroatoms. The van der Waals surface area contributed by atoms with Crippen molar-refractivity contribution in [1.82, 2.24) is 4.31 Å². The molecule has 0 amide bonds. The Hall–Kier alpha value is -1.55. The normalized spacial score (nSPS) is 18.8. The van der Waals surface area contributed by atoms with Crippen LogP contribution in [0.1, 0.15) is 74.5 Å². The maximum atomic E-state index is 5.11. The van der Waals surface area contributed by atoms with Crippen LogP contribution >= 0.6 is 12.2 Å². The molecule has 0 N–H and O–H groups in total. The lowest BCUT2D eigenvalue weighted by Gasteiger charge is -2.28. The average Bonchev–Trinajstić information content (AvgIpc) is 2.83. The molecular weight excluding hydrogens is 410 g/mol. The van der Waals surface area contributed by atoms with E-state index in [2.05, 4.69) is 73.4 Å².